The molecule has 0 fully saturated rings. The van der Waals surface area contributed by atoms with Crippen molar-refractivity contribution in [1.82, 2.24) is 14.7 Å². The standard InChI is InChI=1S/C11H16F3N3O/c1-16(10(18)3-5-11(12,13)14)6-4-9-7-15-17(2)8-9/h7-8H,3-6H2,1-2H3. The fourth-order valence-electron chi connectivity index (χ4n) is 1.46. The SMILES string of the molecule is CN(CCc1cnn(C)c1)C(=O)CCC(F)(F)F. The van der Waals surface area contributed by atoms with E-state index < -0.39 is 24.9 Å². The Morgan fingerprint density at radius 2 is 2.17 bits per heavy atom. The van der Waals surface area contributed by atoms with Crippen molar-refractivity contribution in [3.8, 4) is 0 Å². The molecule has 4 nitrogen and oxygen atoms in total. The number of nitrogens with zero attached hydrogens (tertiary/aromatic N) is 3. The second-order valence-electron chi connectivity index (χ2n) is 4.20. The van der Waals surface area contributed by atoms with Crippen LogP contribution in [0.4, 0.5) is 13.2 Å². The van der Waals surface area contributed by atoms with Crippen LogP contribution in [0.25, 0.3) is 0 Å². The van der Waals surface area contributed by atoms with Gasteiger partial charge in [-0.1, -0.05) is 0 Å². The first kappa shape index (κ1) is 14.5. The Labute approximate surface area is 103 Å². The van der Waals surface area contributed by atoms with Crippen LogP contribution in [0.2, 0.25) is 0 Å². The van der Waals surface area contributed by atoms with E-state index in [1.165, 1.54) is 11.9 Å². The Morgan fingerprint density at radius 3 is 2.67 bits per heavy atom. The van der Waals surface area contributed by atoms with Gasteiger partial charge in [-0.25, -0.2) is 0 Å². The van der Waals surface area contributed by atoms with Crippen LogP contribution in [0.1, 0.15) is 18.4 Å². The average Bonchev–Trinajstić information content (AvgIpc) is 2.67. The number of halogens is 3. The van der Waals surface area contributed by atoms with Crippen LogP contribution in [-0.2, 0) is 18.3 Å². The molecule has 0 spiro atoms. The van der Waals surface area contributed by atoms with Gasteiger partial charge in [0.25, 0.3) is 0 Å². The number of carbonyl (C=O) groups is 1. The summed E-state index contributed by atoms with van der Waals surface area (Å²) in [5.41, 5.74) is 0.952. The van der Waals surface area contributed by atoms with Crippen molar-refractivity contribution in [3.05, 3.63) is 18.0 Å². The van der Waals surface area contributed by atoms with E-state index in [1.807, 2.05) is 6.20 Å². The molecular weight excluding hydrogens is 247 g/mol. The first-order chi connectivity index (χ1) is 8.28. The van der Waals surface area contributed by atoms with Gasteiger partial charge in [0, 0.05) is 33.3 Å². The summed E-state index contributed by atoms with van der Waals surface area (Å²) in [5, 5.41) is 3.97. The monoisotopic (exact) mass is 263 g/mol. The molecule has 0 unspecified atom stereocenters. The van der Waals surface area contributed by atoms with Crippen LogP contribution in [0.15, 0.2) is 12.4 Å². The normalized spacial score (nSPS) is 11.6. The molecule has 1 aromatic rings. The van der Waals surface area contributed by atoms with Gasteiger partial charge >= 0.3 is 6.18 Å². The lowest BCUT2D eigenvalue weighted by Gasteiger charge is -2.17. The van der Waals surface area contributed by atoms with Crippen LogP contribution in [0.3, 0.4) is 0 Å². The summed E-state index contributed by atoms with van der Waals surface area (Å²) in [6.07, 6.45) is -1.76. The maximum Gasteiger partial charge on any atom is 0.389 e. The van der Waals surface area contributed by atoms with Crippen molar-refractivity contribution in [1.29, 1.82) is 0 Å². The molecule has 1 heterocycles. The number of aryl methyl sites for hydroxylation is 1. The van der Waals surface area contributed by atoms with E-state index in [9.17, 15) is 18.0 Å². The van der Waals surface area contributed by atoms with Crippen molar-refractivity contribution < 1.29 is 18.0 Å². The predicted octanol–water partition coefficient (Wildman–Crippen LogP) is 1.76. The third-order valence-corrected chi connectivity index (χ3v) is 2.54. The maximum absolute atomic E-state index is 12.0. The lowest BCUT2D eigenvalue weighted by Crippen LogP contribution is -2.29. The highest BCUT2D eigenvalue weighted by atomic mass is 19.4. The van der Waals surface area contributed by atoms with Gasteiger partial charge in [0.2, 0.25) is 5.91 Å². The molecule has 0 N–H and O–H groups in total. The number of alkyl halides is 3. The number of likely N-dealkylation sites (N-methyl/N-ethyl adjacent to an activating group) is 1. The molecule has 0 aliphatic rings. The zero-order valence-corrected chi connectivity index (χ0v) is 10.4. The van der Waals surface area contributed by atoms with E-state index in [1.54, 1.807) is 17.9 Å². The average molecular weight is 263 g/mol. The molecule has 1 aromatic heterocycles. The quantitative estimate of drug-likeness (QED) is 0.812. The minimum atomic E-state index is -4.28. The first-order valence-electron chi connectivity index (χ1n) is 5.56. The number of hydrogen-bond donors (Lipinski definition) is 0. The molecular formula is C11H16F3N3O. The largest absolute Gasteiger partial charge is 0.389 e. The molecule has 0 aromatic carbocycles. The molecule has 1 rings (SSSR count). The van der Waals surface area contributed by atoms with E-state index in [4.69, 9.17) is 0 Å². The predicted molar refractivity (Wildman–Crippen MR) is 59.8 cm³/mol. The molecule has 18 heavy (non-hydrogen) atoms. The van der Waals surface area contributed by atoms with Gasteiger partial charge in [-0.2, -0.15) is 18.3 Å². The van der Waals surface area contributed by atoms with Crippen molar-refractivity contribution in [2.45, 2.75) is 25.4 Å². The van der Waals surface area contributed by atoms with Crippen LogP contribution in [0, 0.1) is 0 Å². The van der Waals surface area contributed by atoms with Gasteiger partial charge in [0.1, 0.15) is 0 Å². The van der Waals surface area contributed by atoms with Gasteiger partial charge < -0.3 is 4.90 Å². The summed E-state index contributed by atoms with van der Waals surface area (Å²) in [6, 6.07) is 0. The van der Waals surface area contributed by atoms with E-state index in [0.717, 1.165) is 5.56 Å². The van der Waals surface area contributed by atoms with Crippen molar-refractivity contribution in [2.24, 2.45) is 7.05 Å². The lowest BCUT2D eigenvalue weighted by atomic mass is 10.2. The minimum absolute atomic E-state index is 0.391. The van der Waals surface area contributed by atoms with E-state index in [-0.39, 0.29) is 0 Å². The molecule has 0 bridgehead atoms. The molecule has 0 aliphatic carbocycles. The van der Waals surface area contributed by atoms with Crippen molar-refractivity contribution in [2.75, 3.05) is 13.6 Å². The highest BCUT2D eigenvalue weighted by molar-refractivity contribution is 5.75. The summed E-state index contributed by atoms with van der Waals surface area (Å²) < 4.78 is 37.5. The number of aromatic nitrogens is 2. The fourth-order valence-corrected chi connectivity index (χ4v) is 1.46. The number of carbonyl (C=O) groups excluding carboxylic acids is 1. The van der Waals surface area contributed by atoms with Gasteiger partial charge in [0.15, 0.2) is 0 Å². The molecule has 0 saturated heterocycles. The Balaban J connectivity index is 2.32. The molecule has 0 saturated carbocycles. The molecule has 1 amide bonds. The smallest absolute Gasteiger partial charge is 0.345 e. The van der Waals surface area contributed by atoms with Crippen LogP contribution in [0.5, 0.6) is 0 Å². The second-order valence-corrected chi connectivity index (χ2v) is 4.20. The zero-order chi connectivity index (χ0) is 13.8. The summed E-state index contributed by atoms with van der Waals surface area (Å²) in [6.45, 7) is 0.391. The number of amides is 1. The van der Waals surface area contributed by atoms with Crippen LogP contribution in [-0.4, -0.2) is 40.4 Å². The van der Waals surface area contributed by atoms with Gasteiger partial charge in [0.05, 0.1) is 12.6 Å². The van der Waals surface area contributed by atoms with Crippen LogP contribution >= 0.6 is 0 Å². The second kappa shape index (κ2) is 5.88. The third-order valence-electron chi connectivity index (χ3n) is 2.54. The molecule has 0 aliphatic heterocycles. The van der Waals surface area contributed by atoms with Crippen LogP contribution < -0.4 is 0 Å². The van der Waals surface area contributed by atoms with Gasteiger partial charge in [-0.15, -0.1) is 0 Å². The Hall–Kier alpha value is -1.53. The van der Waals surface area contributed by atoms with E-state index in [2.05, 4.69) is 5.10 Å². The summed E-state index contributed by atoms with van der Waals surface area (Å²) in [7, 11) is 3.29. The molecule has 0 radical (unpaired) electrons. The molecule has 7 heteroatoms. The Kier molecular flexibility index (Phi) is 4.75. The van der Waals surface area contributed by atoms with E-state index in [0.29, 0.717) is 13.0 Å². The van der Waals surface area contributed by atoms with Crippen molar-refractivity contribution >= 4 is 5.91 Å². The highest BCUT2D eigenvalue weighted by Gasteiger charge is 2.28. The van der Waals surface area contributed by atoms with Crippen molar-refractivity contribution in [3.63, 3.8) is 0 Å². The number of hydrogen-bond acceptors (Lipinski definition) is 2. The topological polar surface area (TPSA) is 38.1 Å². The Morgan fingerprint density at radius 1 is 1.50 bits per heavy atom. The summed E-state index contributed by atoms with van der Waals surface area (Å²) in [4.78, 5) is 12.7. The minimum Gasteiger partial charge on any atom is -0.345 e. The molecule has 0 atom stereocenters. The lowest BCUT2D eigenvalue weighted by molar-refractivity contribution is -0.148. The van der Waals surface area contributed by atoms with Gasteiger partial charge in [-0.3, -0.25) is 9.48 Å². The third kappa shape index (κ3) is 5.20. The Bertz CT molecular complexity index is 400. The van der Waals surface area contributed by atoms with E-state index >= 15 is 0 Å². The highest BCUT2D eigenvalue weighted by Crippen LogP contribution is 2.21. The van der Waals surface area contributed by atoms with Gasteiger partial charge in [-0.05, 0) is 12.0 Å². The summed E-state index contributed by atoms with van der Waals surface area (Å²) >= 11 is 0. The fraction of sp³-hybridized carbons (Fsp3) is 0.636. The maximum atomic E-state index is 12.0. The molecule has 102 valence electrons. The zero-order valence-electron chi connectivity index (χ0n) is 10.4. The first-order valence-corrected chi connectivity index (χ1v) is 5.56. The number of rotatable bonds is 5. The summed E-state index contributed by atoms with van der Waals surface area (Å²) in [5.74, 6) is -0.490.